The van der Waals surface area contributed by atoms with E-state index in [1.807, 2.05) is 0 Å². The van der Waals surface area contributed by atoms with Crippen molar-refractivity contribution < 1.29 is 14.2 Å². The molecule has 0 aliphatic carbocycles. The average Bonchev–Trinajstić information content (AvgIpc) is 2.67. The Morgan fingerprint density at radius 3 is 1.85 bits per heavy atom. The van der Waals surface area contributed by atoms with E-state index in [-0.39, 0.29) is 0 Å². The van der Waals surface area contributed by atoms with Crippen molar-refractivity contribution in [2.75, 3.05) is 107 Å². The van der Waals surface area contributed by atoms with E-state index in [2.05, 4.69) is 33.7 Å². The molecule has 2 aliphatic heterocycles. The topological polar surface area (TPSA) is 40.7 Å². The van der Waals surface area contributed by atoms with Crippen molar-refractivity contribution in [2.45, 2.75) is 24.9 Å². The Kier molecular flexibility index (Phi) is 11.1. The summed E-state index contributed by atoms with van der Waals surface area (Å²) in [5.41, 5.74) is 0. The molecule has 0 radical (unpaired) electrons. The van der Waals surface area contributed by atoms with E-state index >= 15 is 0 Å². The quantitative estimate of drug-likeness (QED) is 0.447. The van der Waals surface area contributed by atoms with Gasteiger partial charge < -0.3 is 24.0 Å². The molecule has 7 heteroatoms. The number of hydrogen-bond donors (Lipinski definition) is 0. The lowest BCUT2D eigenvalue weighted by molar-refractivity contribution is -0.0252. The van der Waals surface area contributed by atoms with Gasteiger partial charge in [-0.3, -0.25) is 9.80 Å². The molecule has 0 bridgehead atoms. The van der Waals surface area contributed by atoms with E-state index in [1.165, 1.54) is 26.1 Å². The molecule has 2 saturated heterocycles. The minimum Gasteiger partial charge on any atom is -0.385 e. The maximum absolute atomic E-state index is 5.76. The summed E-state index contributed by atoms with van der Waals surface area (Å²) in [5.74, 6) is 0. The molecule has 2 heterocycles. The third-order valence-electron chi connectivity index (χ3n) is 5.92. The van der Waals surface area contributed by atoms with E-state index in [0.29, 0.717) is 25.3 Å². The van der Waals surface area contributed by atoms with Crippen molar-refractivity contribution in [3.8, 4) is 0 Å². The normalized spacial score (nSPS) is 26.7. The van der Waals surface area contributed by atoms with E-state index < -0.39 is 0 Å². The fourth-order valence-corrected chi connectivity index (χ4v) is 4.25. The molecular formula is C20H42N4O3. The van der Waals surface area contributed by atoms with Gasteiger partial charge in [-0.25, -0.2) is 0 Å². The van der Waals surface area contributed by atoms with Gasteiger partial charge in [0, 0.05) is 78.7 Å². The van der Waals surface area contributed by atoms with Gasteiger partial charge in [0.25, 0.3) is 0 Å². The predicted octanol–water partition coefficient (Wildman–Crippen LogP) is 0.308. The van der Waals surface area contributed by atoms with E-state index in [4.69, 9.17) is 14.2 Å². The third-order valence-corrected chi connectivity index (χ3v) is 5.92. The zero-order valence-corrected chi connectivity index (χ0v) is 18.1. The molecule has 0 aromatic rings. The maximum Gasteiger partial charge on any atom is 0.0700 e. The van der Waals surface area contributed by atoms with Gasteiger partial charge >= 0.3 is 0 Å². The van der Waals surface area contributed by atoms with Crippen LogP contribution in [-0.4, -0.2) is 139 Å². The van der Waals surface area contributed by atoms with E-state index in [9.17, 15) is 0 Å². The van der Waals surface area contributed by atoms with Gasteiger partial charge in [-0.15, -0.1) is 0 Å². The highest BCUT2D eigenvalue weighted by Gasteiger charge is 2.37. The molecule has 2 unspecified atom stereocenters. The Labute approximate surface area is 166 Å². The highest BCUT2D eigenvalue weighted by Crippen LogP contribution is 2.21. The fourth-order valence-electron chi connectivity index (χ4n) is 4.25. The minimum absolute atomic E-state index is 0.569. The summed E-state index contributed by atoms with van der Waals surface area (Å²) in [7, 11) is 8.04. The number of nitrogens with zero attached hydrogens (tertiary/aromatic N) is 4. The smallest absolute Gasteiger partial charge is 0.0700 e. The van der Waals surface area contributed by atoms with Crippen molar-refractivity contribution in [3.63, 3.8) is 0 Å². The first kappa shape index (κ1) is 23.0. The molecule has 0 N–H and O–H groups in total. The van der Waals surface area contributed by atoms with Crippen LogP contribution in [-0.2, 0) is 14.2 Å². The fraction of sp³-hybridized carbons (Fsp3) is 1.00. The Balaban J connectivity index is 1.93. The molecule has 0 amide bonds. The van der Waals surface area contributed by atoms with Gasteiger partial charge in [0.2, 0.25) is 0 Å². The van der Waals surface area contributed by atoms with Gasteiger partial charge in [0.1, 0.15) is 0 Å². The molecule has 2 rings (SSSR count). The number of ether oxygens (including phenoxy) is 3. The number of methoxy groups -OCH3 is 2. The summed E-state index contributed by atoms with van der Waals surface area (Å²) < 4.78 is 16.1. The average molecular weight is 387 g/mol. The SMILES string of the molecule is COCCCCN1CCN(C)CC1C1CN(C)CCN1CCOCCOC. The van der Waals surface area contributed by atoms with Gasteiger partial charge in [0.15, 0.2) is 0 Å². The van der Waals surface area contributed by atoms with Crippen LogP contribution in [0.2, 0.25) is 0 Å². The number of unbranched alkanes of at least 4 members (excludes halogenated alkanes) is 1. The Morgan fingerprint density at radius 2 is 1.26 bits per heavy atom. The summed E-state index contributed by atoms with van der Waals surface area (Å²) in [6.45, 7) is 12.1. The molecule has 2 fully saturated rings. The zero-order valence-electron chi connectivity index (χ0n) is 18.1. The highest BCUT2D eigenvalue weighted by atomic mass is 16.5. The number of piperazine rings is 2. The first-order valence-electron chi connectivity index (χ1n) is 10.6. The van der Waals surface area contributed by atoms with Crippen LogP contribution in [0.1, 0.15) is 12.8 Å². The van der Waals surface area contributed by atoms with Crippen LogP contribution in [0.15, 0.2) is 0 Å². The molecule has 27 heavy (non-hydrogen) atoms. The molecule has 0 aromatic heterocycles. The first-order chi connectivity index (χ1) is 13.2. The summed E-state index contributed by atoms with van der Waals surface area (Å²) in [6.07, 6.45) is 2.37. The molecule has 2 aliphatic rings. The number of hydrogen-bond acceptors (Lipinski definition) is 7. The van der Waals surface area contributed by atoms with Gasteiger partial charge in [-0.1, -0.05) is 0 Å². The van der Waals surface area contributed by atoms with Gasteiger partial charge in [-0.2, -0.15) is 0 Å². The molecule has 0 saturated carbocycles. The first-order valence-corrected chi connectivity index (χ1v) is 10.6. The lowest BCUT2D eigenvalue weighted by Crippen LogP contribution is -2.66. The maximum atomic E-state index is 5.76. The second-order valence-electron chi connectivity index (χ2n) is 8.04. The van der Waals surface area contributed by atoms with Crippen molar-refractivity contribution in [3.05, 3.63) is 0 Å². The zero-order chi connectivity index (χ0) is 19.5. The van der Waals surface area contributed by atoms with Crippen LogP contribution in [0, 0.1) is 0 Å². The van der Waals surface area contributed by atoms with Crippen LogP contribution < -0.4 is 0 Å². The third kappa shape index (κ3) is 7.93. The van der Waals surface area contributed by atoms with Gasteiger partial charge in [-0.05, 0) is 33.5 Å². The summed E-state index contributed by atoms with van der Waals surface area (Å²) in [4.78, 5) is 10.4. The van der Waals surface area contributed by atoms with Crippen LogP contribution in [0.25, 0.3) is 0 Å². The largest absolute Gasteiger partial charge is 0.385 e. The second-order valence-corrected chi connectivity index (χ2v) is 8.04. The van der Waals surface area contributed by atoms with Crippen molar-refractivity contribution in [1.29, 1.82) is 0 Å². The molecule has 2 atom stereocenters. The Bertz CT molecular complexity index is 388. The van der Waals surface area contributed by atoms with Crippen LogP contribution >= 0.6 is 0 Å². The van der Waals surface area contributed by atoms with E-state index in [1.54, 1.807) is 14.2 Å². The molecule has 160 valence electrons. The number of rotatable bonds is 12. The highest BCUT2D eigenvalue weighted by molar-refractivity contribution is 4.95. The summed E-state index contributed by atoms with van der Waals surface area (Å²) in [6, 6.07) is 1.16. The Morgan fingerprint density at radius 1 is 0.667 bits per heavy atom. The van der Waals surface area contributed by atoms with Gasteiger partial charge in [0.05, 0.1) is 19.8 Å². The van der Waals surface area contributed by atoms with Crippen molar-refractivity contribution in [2.24, 2.45) is 0 Å². The van der Waals surface area contributed by atoms with Crippen molar-refractivity contribution in [1.82, 2.24) is 19.6 Å². The number of likely N-dealkylation sites (N-methyl/N-ethyl adjacent to an activating group) is 2. The predicted molar refractivity (Wildman–Crippen MR) is 110 cm³/mol. The van der Waals surface area contributed by atoms with Crippen LogP contribution in [0.4, 0.5) is 0 Å². The lowest BCUT2D eigenvalue weighted by atomic mass is 9.98. The molecular weight excluding hydrogens is 344 g/mol. The van der Waals surface area contributed by atoms with Crippen molar-refractivity contribution >= 4 is 0 Å². The lowest BCUT2D eigenvalue weighted by Gasteiger charge is -2.50. The summed E-state index contributed by atoms with van der Waals surface area (Å²) in [5, 5.41) is 0. The molecule has 0 spiro atoms. The molecule has 7 nitrogen and oxygen atoms in total. The standard InChI is InChI=1S/C20H42N4O3/c1-21-8-10-23(7-5-6-13-25-3)19(17-21)20-18-22(2)9-11-24(20)12-14-27-16-15-26-4/h19-20H,5-18H2,1-4H3. The monoisotopic (exact) mass is 386 g/mol. The second kappa shape index (κ2) is 13.0. The molecule has 0 aromatic carbocycles. The minimum atomic E-state index is 0.569. The summed E-state index contributed by atoms with van der Waals surface area (Å²) >= 11 is 0. The van der Waals surface area contributed by atoms with E-state index in [0.717, 1.165) is 52.4 Å². The Hall–Kier alpha value is -0.280. The van der Waals surface area contributed by atoms with Crippen LogP contribution in [0.3, 0.4) is 0 Å². The van der Waals surface area contributed by atoms with Crippen LogP contribution in [0.5, 0.6) is 0 Å².